The minimum atomic E-state index is -4.45. The van der Waals surface area contributed by atoms with Crippen LogP contribution in [0.25, 0.3) is 11.3 Å². The number of hydrogen-bond acceptors (Lipinski definition) is 5. The van der Waals surface area contributed by atoms with Crippen LogP contribution < -0.4 is 4.74 Å². The molecule has 0 radical (unpaired) electrons. The summed E-state index contributed by atoms with van der Waals surface area (Å²) in [5.41, 5.74) is 1.33. The summed E-state index contributed by atoms with van der Waals surface area (Å²) >= 11 is 0. The molecule has 2 fully saturated rings. The summed E-state index contributed by atoms with van der Waals surface area (Å²) in [6.45, 7) is 1.82. The van der Waals surface area contributed by atoms with Gasteiger partial charge in [0.2, 0.25) is 0 Å². The Bertz CT molecular complexity index is 934. The summed E-state index contributed by atoms with van der Waals surface area (Å²) in [6, 6.07) is 6.06. The molecule has 4 atom stereocenters. The van der Waals surface area contributed by atoms with Gasteiger partial charge in [-0.15, -0.1) is 5.10 Å². The SMILES string of the molecule is COc1cc(C(F)(F)F)ccc1-c1nnc(C(O)C2CCC3CCC2N3C)cc1C. The second-order valence-electron chi connectivity index (χ2n) is 8.36. The monoisotopic (exact) mass is 421 g/mol. The minimum Gasteiger partial charge on any atom is -0.496 e. The minimum absolute atomic E-state index is 0.0847. The number of methoxy groups -OCH3 is 1. The van der Waals surface area contributed by atoms with Gasteiger partial charge in [0.1, 0.15) is 11.9 Å². The number of aliphatic hydroxyl groups is 1. The lowest BCUT2D eigenvalue weighted by molar-refractivity contribution is -0.137. The molecule has 2 bridgehead atoms. The fourth-order valence-electron chi connectivity index (χ4n) is 5.05. The van der Waals surface area contributed by atoms with Crippen LogP contribution in [0.3, 0.4) is 0 Å². The molecule has 30 heavy (non-hydrogen) atoms. The lowest BCUT2D eigenvalue weighted by Crippen LogP contribution is -2.44. The number of aromatic nitrogens is 2. The number of alkyl halides is 3. The largest absolute Gasteiger partial charge is 0.496 e. The van der Waals surface area contributed by atoms with Gasteiger partial charge in [0.15, 0.2) is 0 Å². The highest BCUT2D eigenvalue weighted by atomic mass is 19.4. The summed E-state index contributed by atoms with van der Waals surface area (Å²) in [6.07, 6.45) is -0.894. The topological polar surface area (TPSA) is 58.5 Å². The number of fused-ring (bicyclic) bond motifs is 2. The molecule has 2 saturated heterocycles. The van der Waals surface area contributed by atoms with Crippen molar-refractivity contribution in [3.8, 4) is 17.0 Å². The number of aryl methyl sites for hydroxylation is 1. The van der Waals surface area contributed by atoms with E-state index in [9.17, 15) is 18.3 Å². The Hall–Kier alpha value is -2.19. The van der Waals surface area contributed by atoms with Crippen LogP contribution in [0.2, 0.25) is 0 Å². The molecule has 0 saturated carbocycles. The maximum absolute atomic E-state index is 13.0. The van der Waals surface area contributed by atoms with Crippen molar-refractivity contribution < 1.29 is 23.0 Å². The van der Waals surface area contributed by atoms with Crippen molar-refractivity contribution >= 4 is 0 Å². The van der Waals surface area contributed by atoms with E-state index in [1.807, 2.05) is 6.92 Å². The van der Waals surface area contributed by atoms with Gasteiger partial charge in [0.25, 0.3) is 0 Å². The van der Waals surface area contributed by atoms with Crippen LogP contribution in [-0.4, -0.2) is 46.4 Å². The van der Waals surface area contributed by atoms with Gasteiger partial charge in [0, 0.05) is 23.6 Å². The Morgan fingerprint density at radius 3 is 2.53 bits per heavy atom. The van der Waals surface area contributed by atoms with Crippen LogP contribution in [0.1, 0.15) is 48.6 Å². The average molecular weight is 421 g/mol. The Kier molecular flexibility index (Phi) is 5.48. The van der Waals surface area contributed by atoms with E-state index < -0.39 is 17.8 Å². The normalized spacial score (nSPS) is 25.4. The Balaban J connectivity index is 1.62. The van der Waals surface area contributed by atoms with Crippen LogP contribution in [0.4, 0.5) is 13.2 Å². The summed E-state index contributed by atoms with van der Waals surface area (Å²) < 4.78 is 44.2. The van der Waals surface area contributed by atoms with Crippen molar-refractivity contribution in [2.75, 3.05) is 14.2 Å². The number of aliphatic hydroxyl groups excluding tert-OH is 1. The third kappa shape index (κ3) is 3.67. The second-order valence-corrected chi connectivity index (χ2v) is 8.36. The lowest BCUT2D eigenvalue weighted by Gasteiger charge is -2.39. The maximum Gasteiger partial charge on any atom is 0.416 e. The maximum atomic E-state index is 13.0. The Morgan fingerprint density at radius 1 is 1.13 bits per heavy atom. The van der Waals surface area contributed by atoms with Gasteiger partial charge in [-0.1, -0.05) is 0 Å². The molecule has 2 aliphatic rings. The molecule has 4 rings (SSSR count). The third-order valence-corrected chi connectivity index (χ3v) is 6.72. The molecule has 2 aromatic rings. The van der Waals surface area contributed by atoms with Crippen LogP contribution in [0.5, 0.6) is 5.75 Å². The highest BCUT2D eigenvalue weighted by Gasteiger charge is 2.43. The van der Waals surface area contributed by atoms with E-state index in [2.05, 4.69) is 22.1 Å². The van der Waals surface area contributed by atoms with E-state index >= 15 is 0 Å². The van der Waals surface area contributed by atoms with E-state index in [1.165, 1.54) is 19.6 Å². The molecule has 0 amide bonds. The Morgan fingerprint density at radius 2 is 1.87 bits per heavy atom. The number of nitrogens with zero attached hydrogens (tertiary/aromatic N) is 3. The summed E-state index contributed by atoms with van der Waals surface area (Å²) in [4.78, 5) is 2.37. The first-order chi connectivity index (χ1) is 14.2. The number of rotatable bonds is 4. The number of halogens is 3. The van der Waals surface area contributed by atoms with E-state index in [0.717, 1.165) is 37.0 Å². The molecule has 2 aliphatic heterocycles. The molecule has 162 valence electrons. The van der Waals surface area contributed by atoms with Gasteiger partial charge < -0.3 is 14.7 Å². The average Bonchev–Trinajstić information content (AvgIpc) is 2.93. The van der Waals surface area contributed by atoms with E-state index in [4.69, 9.17) is 4.74 Å². The van der Waals surface area contributed by atoms with Crippen molar-refractivity contribution in [3.05, 3.63) is 41.1 Å². The quantitative estimate of drug-likeness (QED) is 0.794. The van der Waals surface area contributed by atoms with Gasteiger partial charge in [-0.3, -0.25) is 0 Å². The van der Waals surface area contributed by atoms with Crippen molar-refractivity contribution in [3.63, 3.8) is 0 Å². The van der Waals surface area contributed by atoms with Crippen molar-refractivity contribution in [2.45, 2.75) is 57.0 Å². The number of piperidine rings is 1. The molecule has 0 spiro atoms. The summed E-state index contributed by atoms with van der Waals surface area (Å²) in [7, 11) is 3.45. The fraction of sp³-hybridized carbons (Fsp3) is 0.545. The molecular weight excluding hydrogens is 395 g/mol. The second kappa shape index (κ2) is 7.81. The smallest absolute Gasteiger partial charge is 0.416 e. The predicted molar refractivity (Wildman–Crippen MR) is 106 cm³/mol. The molecule has 1 aromatic heterocycles. The molecule has 4 unspecified atom stereocenters. The third-order valence-electron chi connectivity index (χ3n) is 6.72. The van der Waals surface area contributed by atoms with Crippen LogP contribution in [-0.2, 0) is 6.18 Å². The zero-order valence-corrected chi connectivity index (χ0v) is 17.3. The number of benzene rings is 1. The fourth-order valence-corrected chi connectivity index (χ4v) is 5.05. The van der Waals surface area contributed by atoms with Crippen molar-refractivity contribution in [2.24, 2.45) is 5.92 Å². The standard InChI is InChI=1S/C22H26F3N3O2/c1-12-10-17(21(29)15-8-5-14-6-9-18(15)28(14)2)26-27-20(12)16-7-4-13(22(23,24)25)11-19(16)30-3/h4,7,10-11,14-15,18,21,29H,5-6,8-9H2,1-3H3. The van der Waals surface area contributed by atoms with Gasteiger partial charge in [-0.05, 0) is 69.5 Å². The number of hydrogen-bond donors (Lipinski definition) is 1. The summed E-state index contributed by atoms with van der Waals surface area (Å²) in [5.74, 6) is 0.190. The van der Waals surface area contributed by atoms with Crippen molar-refractivity contribution in [1.82, 2.24) is 15.1 Å². The van der Waals surface area contributed by atoms with E-state index in [1.54, 1.807) is 6.07 Å². The summed E-state index contributed by atoms with van der Waals surface area (Å²) in [5, 5.41) is 19.5. The molecule has 3 heterocycles. The molecule has 0 aliphatic carbocycles. The molecule has 1 aromatic carbocycles. The first-order valence-electron chi connectivity index (χ1n) is 10.2. The van der Waals surface area contributed by atoms with Gasteiger partial charge in [0.05, 0.1) is 24.1 Å². The highest BCUT2D eigenvalue weighted by molar-refractivity contribution is 5.70. The predicted octanol–water partition coefficient (Wildman–Crippen LogP) is 4.39. The first-order valence-corrected chi connectivity index (χ1v) is 10.2. The zero-order valence-electron chi connectivity index (χ0n) is 17.3. The van der Waals surface area contributed by atoms with Crippen LogP contribution in [0.15, 0.2) is 24.3 Å². The first kappa shape index (κ1) is 21.1. The van der Waals surface area contributed by atoms with E-state index in [0.29, 0.717) is 29.0 Å². The van der Waals surface area contributed by atoms with Crippen molar-refractivity contribution in [1.29, 1.82) is 0 Å². The van der Waals surface area contributed by atoms with Gasteiger partial charge in [-0.25, -0.2) is 0 Å². The Labute approximate surface area is 173 Å². The molecular formula is C22H26F3N3O2. The zero-order chi connectivity index (χ0) is 21.6. The van der Waals surface area contributed by atoms with Crippen LogP contribution in [0, 0.1) is 12.8 Å². The van der Waals surface area contributed by atoms with Gasteiger partial charge >= 0.3 is 6.18 Å². The number of ether oxygens (including phenoxy) is 1. The molecule has 8 heteroatoms. The van der Waals surface area contributed by atoms with Crippen LogP contribution >= 0.6 is 0 Å². The lowest BCUT2D eigenvalue weighted by atomic mass is 9.84. The van der Waals surface area contributed by atoms with Gasteiger partial charge in [-0.2, -0.15) is 18.3 Å². The van der Waals surface area contributed by atoms with E-state index in [-0.39, 0.29) is 11.7 Å². The highest BCUT2D eigenvalue weighted by Crippen LogP contribution is 2.43. The molecule has 5 nitrogen and oxygen atoms in total. The molecule has 1 N–H and O–H groups in total.